The van der Waals surface area contributed by atoms with E-state index >= 15 is 0 Å². The molecule has 0 bridgehead atoms. The summed E-state index contributed by atoms with van der Waals surface area (Å²) >= 11 is 1.54. The van der Waals surface area contributed by atoms with Crippen LogP contribution >= 0.6 is 11.3 Å². The molecular weight excluding hydrogens is 374 g/mol. The number of amides is 1. The van der Waals surface area contributed by atoms with E-state index in [0.717, 1.165) is 44.6 Å². The minimum Gasteiger partial charge on any atom is -0.458 e. The number of carbonyl (C=O) groups is 1. The predicted molar refractivity (Wildman–Crippen MR) is 105 cm³/mol. The van der Waals surface area contributed by atoms with Crippen LogP contribution in [0, 0.1) is 6.92 Å². The van der Waals surface area contributed by atoms with Crippen molar-refractivity contribution in [3.63, 3.8) is 0 Å². The fourth-order valence-corrected chi connectivity index (χ4v) is 4.48. The minimum atomic E-state index is -0.314. The van der Waals surface area contributed by atoms with Gasteiger partial charge >= 0.3 is 0 Å². The molecule has 1 amide bonds. The third kappa shape index (κ3) is 2.99. The molecule has 28 heavy (non-hydrogen) atoms. The molecule has 1 aromatic carbocycles. The number of hydrogen-bond donors (Lipinski definition) is 1. The molecule has 5 rings (SSSR count). The predicted octanol–water partition coefficient (Wildman–Crippen LogP) is 3.42. The molecule has 0 radical (unpaired) electrons. The van der Waals surface area contributed by atoms with Gasteiger partial charge in [-0.15, -0.1) is 21.5 Å². The second kappa shape index (κ2) is 6.87. The summed E-state index contributed by atoms with van der Waals surface area (Å²) in [6, 6.07) is 9.58. The maximum Gasteiger partial charge on any atom is 0.223 e. The number of fused-ring (bicyclic) bond motifs is 2. The molecule has 0 saturated carbocycles. The van der Waals surface area contributed by atoms with Crippen molar-refractivity contribution in [2.45, 2.75) is 32.2 Å². The summed E-state index contributed by atoms with van der Waals surface area (Å²) in [5.74, 6) is 0.821. The molecule has 0 unspecified atom stereocenters. The number of aromatic nitrogens is 4. The van der Waals surface area contributed by atoms with Gasteiger partial charge in [0.2, 0.25) is 5.91 Å². The monoisotopic (exact) mass is 393 g/mol. The maximum atomic E-state index is 13.1. The molecule has 0 aliphatic carbocycles. The van der Waals surface area contributed by atoms with Crippen LogP contribution in [0.2, 0.25) is 0 Å². The Bertz CT molecular complexity index is 1110. The molecule has 8 heteroatoms. The Hall–Kier alpha value is -3.00. The first-order valence-electron chi connectivity index (χ1n) is 9.28. The van der Waals surface area contributed by atoms with E-state index in [4.69, 9.17) is 4.42 Å². The molecule has 1 N–H and O–H groups in total. The van der Waals surface area contributed by atoms with Crippen molar-refractivity contribution >= 4 is 28.2 Å². The normalized spacial score (nSPS) is 16.5. The van der Waals surface area contributed by atoms with Crippen molar-refractivity contribution in [1.82, 2.24) is 25.1 Å². The largest absolute Gasteiger partial charge is 0.458 e. The lowest BCUT2D eigenvalue weighted by molar-refractivity contribution is -0.133. The number of carbonyl (C=O) groups excluding carboxylic acids is 1. The van der Waals surface area contributed by atoms with Crippen molar-refractivity contribution in [3.05, 3.63) is 63.8 Å². The van der Waals surface area contributed by atoms with E-state index in [9.17, 15) is 4.79 Å². The molecule has 0 saturated heterocycles. The van der Waals surface area contributed by atoms with E-state index in [-0.39, 0.29) is 11.9 Å². The number of H-pyrrole nitrogens is 1. The highest BCUT2D eigenvalue weighted by atomic mass is 32.1. The van der Waals surface area contributed by atoms with Crippen molar-refractivity contribution < 1.29 is 9.21 Å². The molecule has 7 nitrogen and oxygen atoms in total. The van der Waals surface area contributed by atoms with Crippen LogP contribution in [0.15, 0.2) is 41.1 Å². The topological polar surface area (TPSA) is 87.9 Å². The van der Waals surface area contributed by atoms with Gasteiger partial charge in [0.05, 0.1) is 12.0 Å². The quantitative estimate of drug-likeness (QED) is 0.574. The number of aryl methyl sites for hydroxylation is 2. The van der Waals surface area contributed by atoms with Gasteiger partial charge in [0, 0.05) is 36.9 Å². The number of furan rings is 1. The SMILES string of the molecule is Cc1nnc(CCC(=O)N2CCc3[nH]cnc3[C@H]2c2cc3ccccc3o2)s1. The number of rotatable bonds is 4. The van der Waals surface area contributed by atoms with Crippen LogP contribution in [0.25, 0.3) is 11.0 Å². The third-order valence-corrected chi connectivity index (χ3v) is 5.98. The number of para-hydroxylation sites is 1. The van der Waals surface area contributed by atoms with Gasteiger partial charge in [-0.25, -0.2) is 4.98 Å². The van der Waals surface area contributed by atoms with Gasteiger partial charge in [0.25, 0.3) is 0 Å². The second-order valence-corrected chi connectivity index (χ2v) is 8.17. The van der Waals surface area contributed by atoms with Gasteiger partial charge in [-0.05, 0) is 19.1 Å². The Balaban J connectivity index is 1.46. The Morgan fingerprint density at radius 1 is 1.36 bits per heavy atom. The van der Waals surface area contributed by atoms with Crippen molar-refractivity contribution in [3.8, 4) is 0 Å². The lowest BCUT2D eigenvalue weighted by atomic mass is 9.99. The van der Waals surface area contributed by atoms with Gasteiger partial charge in [-0.1, -0.05) is 18.2 Å². The van der Waals surface area contributed by atoms with E-state index in [2.05, 4.69) is 20.2 Å². The second-order valence-electron chi connectivity index (χ2n) is 6.91. The highest BCUT2D eigenvalue weighted by Crippen LogP contribution is 2.36. The molecule has 142 valence electrons. The summed E-state index contributed by atoms with van der Waals surface area (Å²) in [5.41, 5.74) is 2.75. The zero-order chi connectivity index (χ0) is 19.1. The summed E-state index contributed by atoms with van der Waals surface area (Å²) < 4.78 is 6.11. The van der Waals surface area contributed by atoms with Crippen LogP contribution in [-0.4, -0.2) is 37.5 Å². The highest BCUT2D eigenvalue weighted by molar-refractivity contribution is 7.11. The van der Waals surface area contributed by atoms with E-state index in [1.54, 1.807) is 6.33 Å². The van der Waals surface area contributed by atoms with Crippen LogP contribution in [0.4, 0.5) is 0 Å². The molecule has 4 heterocycles. The number of hydrogen-bond acceptors (Lipinski definition) is 6. The fourth-order valence-electron chi connectivity index (χ4n) is 3.77. The summed E-state index contributed by atoms with van der Waals surface area (Å²) in [7, 11) is 0. The zero-order valence-electron chi connectivity index (χ0n) is 15.4. The van der Waals surface area contributed by atoms with Crippen LogP contribution < -0.4 is 0 Å². The first-order valence-corrected chi connectivity index (χ1v) is 10.1. The first kappa shape index (κ1) is 17.1. The summed E-state index contributed by atoms with van der Waals surface area (Å²) in [5, 5.41) is 11.0. The minimum absolute atomic E-state index is 0.0759. The van der Waals surface area contributed by atoms with Gasteiger partial charge in [-0.3, -0.25) is 4.79 Å². The summed E-state index contributed by atoms with van der Waals surface area (Å²) in [6.07, 6.45) is 3.44. The number of imidazole rings is 1. The Kier molecular flexibility index (Phi) is 4.20. The van der Waals surface area contributed by atoms with Gasteiger partial charge in [-0.2, -0.15) is 0 Å². The Labute approximate surface area is 165 Å². The number of aromatic amines is 1. The van der Waals surface area contributed by atoms with Crippen molar-refractivity contribution in [2.75, 3.05) is 6.54 Å². The van der Waals surface area contributed by atoms with Crippen LogP contribution in [0.5, 0.6) is 0 Å². The average Bonchev–Trinajstić information content (AvgIpc) is 3.43. The van der Waals surface area contributed by atoms with Crippen LogP contribution in [-0.2, 0) is 17.6 Å². The van der Waals surface area contributed by atoms with Crippen molar-refractivity contribution in [2.24, 2.45) is 0 Å². The van der Waals surface area contributed by atoms with Crippen molar-refractivity contribution in [1.29, 1.82) is 0 Å². The van der Waals surface area contributed by atoms with E-state index < -0.39 is 0 Å². The molecule has 1 aliphatic heterocycles. The van der Waals surface area contributed by atoms with Gasteiger partial charge in [0.1, 0.15) is 27.4 Å². The van der Waals surface area contributed by atoms with E-state index in [1.165, 1.54) is 11.3 Å². The highest BCUT2D eigenvalue weighted by Gasteiger charge is 2.36. The number of nitrogens with zero attached hydrogens (tertiary/aromatic N) is 4. The molecule has 4 aromatic rings. The van der Waals surface area contributed by atoms with Gasteiger partial charge < -0.3 is 14.3 Å². The molecule has 1 atom stereocenters. The smallest absolute Gasteiger partial charge is 0.223 e. The molecule has 0 spiro atoms. The third-order valence-electron chi connectivity index (χ3n) is 5.08. The lowest BCUT2D eigenvalue weighted by Crippen LogP contribution is -2.40. The zero-order valence-corrected chi connectivity index (χ0v) is 16.2. The Morgan fingerprint density at radius 3 is 3.07 bits per heavy atom. The molecule has 0 fully saturated rings. The molecular formula is C20H19N5O2S. The summed E-state index contributed by atoms with van der Waals surface area (Å²) in [6.45, 7) is 2.55. The summed E-state index contributed by atoms with van der Waals surface area (Å²) in [4.78, 5) is 22.7. The lowest BCUT2D eigenvalue weighted by Gasteiger charge is -2.33. The van der Waals surface area contributed by atoms with Gasteiger partial charge in [0.15, 0.2) is 0 Å². The Morgan fingerprint density at radius 2 is 2.25 bits per heavy atom. The average molecular weight is 393 g/mol. The number of benzene rings is 1. The maximum absolute atomic E-state index is 13.1. The molecule has 1 aliphatic rings. The standard InChI is InChI=1S/C20H19N5O2S/c1-12-23-24-17(28-12)6-7-18(26)25-9-8-14-19(22-11-21-14)20(25)16-10-13-4-2-3-5-15(13)27-16/h2-5,10-11,20H,6-9H2,1H3,(H,21,22)/t20-/m1/s1. The number of nitrogens with one attached hydrogen (secondary N) is 1. The molecule has 3 aromatic heterocycles. The fraction of sp³-hybridized carbons (Fsp3) is 0.300. The van der Waals surface area contributed by atoms with E-state index in [0.29, 0.717) is 19.4 Å². The first-order chi connectivity index (χ1) is 13.7. The van der Waals surface area contributed by atoms with Crippen LogP contribution in [0.3, 0.4) is 0 Å². The van der Waals surface area contributed by atoms with E-state index in [1.807, 2.05) is 42.2 Å². The van der Waals surface area contributed by atoms with Crippen LogP contribution in [0.1, 0.15) is 39.6 Å².